The first-order chi connectivity index (χ1) is 46.4. The van der Waals surface area contributed by atoms with Gasteiger partial charge >= 0.3 is 12.2 Å². The van der Waals surface area contributed by atoms with Crippen LogP contribution in [0.4, 0.5) is 9.59 Å². The molecule has 0 unspecified atom stereocenters. The predicted octanol–water partition coefficient (Wildman–Crippen LogP) is 11.2. The summed E-state index contributed by atoms with van der Waals surface area (Å²) in [4.78, 5) is 53.5. The molecule has 95 heavy (non-hydrogen) atoms. The van der Waals surface area contributed by atoms with Crippen molar-refractivity contribution in [1.29, 1.82) is 0 Å². The maximum atomic E-state index is 13.8. The molecule has 4 aromatic heterocycles. The van der Waals surface area contributed by atoms with E-state index >= 15 is 0 Å². The Kier molecular flexibility index (Phi) is 36.1. The standard InChI is InChI=1S/C72H111N7O16/c1-13-55-53(7)69-70-54(8)56(14-2)64(77-70)48-62-52(6)60(20-18-26-95-72(81)79(23-29-88-41-45-92-37-33-84-11)24-30-89-42-46-93-38-34-85-12)68(74-62)50-66-58(16-4)57(15-3)65(75-66)49-67-59(51(5)61(73-67)47-63(55)76-69)19-17-25-94-71(80)78(21-27-86-39-43-90-35-31-82-9)22-28-87-40-44-91-36-32-83-10/h47-50,73-75H,13-46H2,1-12H3. The molecule has 23 heteroatoms. The Balaban J connectivity index is 1.33. The number of carbonyl (C=O) groups excluding carboxylic acids is 2. The molecule has 3 N–H and O–H groups in total. The fourth-order valence-corrected chi connectivity index (χ4v) is 11.7. The number of allylic oxidation sites excluding steroid dienone is 4. The van der Waals surface area contributed by atoms with Gasteiger partial charge in [0.2, 0.25) is 0 Å². The average Bonchev–Trinajstić information content (AvgIpc) is 1.62. The first kappa shape index (κ1) is 77.9. The Morgan fingerprint density at radius 1 is 0.358 bits per heavy atom. The zero-order valence-electron chi connectivity index (χ0n) is 59.2. The number of nitrogens with zero attached hydrogens (tertiary/aromatic N) is 4. The normalized spacial score (nSPS) is 12.5. The number of hydrogen-bond acceptors (Lipinski definition) is 18. The highest BCUT2D eigenvalue weighted by Gasteiger charge is 2.26. The summed E-state index contributed by atoms with van der Waals surface area (Å²) >= 11 is 0. The molecule has 2 aliphatic rings. The molecule has 6 heterocycles. The minimum atomic E-state index is -0.432. The summed E-state index contributed by atoms with van der Waals surface area (Å²) < 4.78 is 77.9. The number of amides is 2. The summed E-state index contributed by atoms with van der Waals surface area (Å²) in [5.41, 5.74) is 21.0. The number of H-pyrrole nitrogens is 3. The maximum Gasteiger partial charge on any atom is 0.409 e. The molecule has 23 nitrogen and oxygen atoms in total. The minimum absolute atomic E-state index is 0.201. The Labute approximate surface area is 563 Å². The summed E-state index contributed by atoms with van der Waals surface area (Å²) in [6.07, 6.45) is 4.72. The first-order valence-electron chi connectivity index (χ1n) is 34.2. The van der Waals surface area contributed by atoms with E-state index in [9.17, 15) is 9.59 Å². The Bertz CT molecular complexity index is 3000. The Morgan fingerprint density at radius 2 is 0.642 bits per heavy atom. The molecule has 6 rings (SSSR count). The van der Waals surface area contributed by atoms with Crippen molar-refractivity contribution in [2.24, 2.45) is 0 Å². The van der Waals surface area contributed by atoms with E-state index in [0.717, 1.165) is 115 Å². The zero-order chi connectivity index (χ0) is 68.2. The van der Waals surface area contributed by atoms with Crippen LogP contribution in [0.5, 0.6) is 0 Å². The van der Waals surface area contributed by atoms with Gasteiger partial charge in [0.25, 0.3) is 0 Å². The molecule has 0 saturated carbocycles. The van der Waals surface area contributed by atoms with Gasteiger partial charge in [-0.05, 0) is 159 Å². The van der Waals surface area contributed by atoms with Crippen molar-refractivity contribution < 1.29 is 75.9 Å². The monoisotopic (exact) mass is 1330 g/mol. The second-order valence-corrected chi connectivity index (χ2v) is 23.2. The van der Waals surface area contributed by atoms with E-state index in [-0.39, 0.29) is 13.2 Å². The fraction of sp³-hybridized carbons (Fsp3) is 0.639. The van der Waals surface area contributed by atoms with E-state index < -0.39 is 12.2 Å². The van der Waals surface area contributed by atoms with Crippen LogP contribution in [-0.4, -0.2) is 247 Å². The van der Waals surface area contributed by atoms with E-state index in [1.54, 1.807) is 38.2 Å². The lowest BCUT2D eigenvalue weighted by Crippen LogP contribution is -2.37. The summed E-state index contributed by atoms with van der Waals surface area (Å²) in [5, 5.41) is 0. The van der Waals surface area contributed by atoms with Crippen molar-refractivity contribution in [2.75, 3.05) is 200 Å². The number of fused-ring (bicyclic) bond motifs is 11. The summed E-state index contributed by atoms with van der Waals surface area (Å²) in [6.45, 7) is 27.6. The predicted molar refractivity (Wildman–Crippen MR) is 372 cm³/mol. The molecule has 0 saturated heterocycles. The van der Waals surface area contributed by atoms with Gasteiger partial charge in [-0.15, -0.1) is 0 Å². The SMILES string of the molecule is CCC1=C(C)c2nc1cc1[nH]c(cc3[nH]c(cc4[nH]c(cc5nc2C(C)=C5CC)c(C)c4CCCOC(=O)N(CCOCCOCCOC)CCOCCOCCOC)c(CC)c3CC)c(CCCOC(=O)N(CCOCCOCCOC)CCOCCOCCOC)c1C. The molecule has 530 valence electrons. The average molecular weight is 1330 g/mol. The molecule has 10 bridgehead atoms. The van der Waals surface area contributed by atoms with Crippen molar-refractivity contribution in [2.45, 2.75) is 107 Å². The lowest BCUT2D eigenvalue weighted by molar-refractivity contribution is 0.00800. The lowest BCUT2D eigenvalue weighted by Gasteiger charge is -2.22. The van der Waals surface area contributed by atoms with Gasteiger partial charge < -0.3 is 91.1 Å². The van der Waals surface area contributed by atoms with Crippen molar-refractivity contribution in [1.82, 2.24) is 34.7 Å². The molecular formula is C72H111N7O16. The largest absolute Gasteiger partial charge is 0.449 e. The summed E-state index contributed by atoms with van der Waals surface area (Å²) in [5.74, 6) is 0. The Morgan fingerprint density at radius 3 is 0.937 bits per heavy atom. The second kappa shape index (κ2) is 44.0. The van der Waals surface area contributed by atoms with E-state index in [0.29, 0.717) is 184 Å². The van der Waals surface area contributed by atoms with Crippen LogP contribution in [0.1, 0.15) is 123 Å². The van der Waals surface area contributed by atoms with Crippen LogP contribution in [0.25, 0.3) is 55.4 Å². The van der Waals surface area contributed by atoms with E-state index in [4.69, 9.17) is 76.3 Å². The van der Waals surface area contributed by atoms with Crippen LogP contribution in [0, 0.1) is 13.8 Å². The summed E-state index contributed by atoms with van der Waals surface area (Å²) in [7, 11) is 6.54. The molecule has 4 aromatic rings. The van der Waals surface area contributed by atoms with E-state index in [1.165, 1.54) is 22.3 Å². The zero-order valence-corrected chi connectivity index (χ0v) is 59.2. The van der Waals surface area contributed by atoms with Crippen LogP contribution < -0.4 is 0 Å². The van der Waals surface area contributed by atoms with Gasteiger partial charge in [0, 0.05) is 87.7 Å². The third-order valence-electron chi connectivity index (χ3n) is 17.0. The van der Waals surface area contributed by atoms with E-state index in [1.807, 2.05) is 0 Å². The molecule has 0 atom stereocenters. The number of aromatic nitrogens is 5. The maximum absolute atomic E-state index is 13.8. The van der Waals surface area contributed by atoms with Gasteiger partial charge in [0.15, 0.2) is 0 Å². The summed E-state index contributed by atoms with van der Waals surface area (Å²) in [6, 6.07) is 8.88. The van der Waals surface area contributed by atoms with Crippen molar-refractivity contribution >= 4 is 67.6 Å². The number of ether oxygens (including phenoxy) is 14. The van der Waals surface area contributed by atoms with Gasteiger partial charge in [-0.1, -0.05) is 27.7 Å². The molecule has 0 spiro atoms. The van der Waals surface area contributed by atoms with Crippen LogP contribution in [-0.2, 0) is 92.0 Å². The van der Waals surface area contributed by atoms with Gasteiger partial charge in [-0.2, -0.15) is 0 Å². The highest BCUT2D eigenvalue weighted by Crippen LogP contribution is 2.40. The van der Waals surface area contributed by atoms with Crippen molar-refractivity contribution in [3.05, 3.63) is 80.4 Å². The number of methoxy groups -OCH3 is 4. The van der Waals surface area contributed by atoms with Crippen molar-refractivity contribution in [3.8, 4) is 0 Å². The fourth-order valence-electron chi connectivity index (χ4n) is 11.7. The first-order valence-corrected chi connectivity index (χ1v) is 34.2. The number of hydrogen-bond donors (Lipinski definition) is 3. The molecule has 2 aliphatic heterocycles. The van der Waals surface area contributed by atoms with Crippen molar-refractivity contribution in [3.63, 3.8) is 0 Å². The molecule has 0 radical (unpaired) electrons. The van der Waals surface area contributed by atoms with Gasteiger partial charge in [0.05, 0.1) is 168 Å². The molecule has 2 amide bonds. The van der Waals surface area contributed by atoms with Crippen LogP contribution >= 0.6 is 0 Å². The minimum Gasteiger partial charge on any atom is -0.449 e. The number of aromatic amines is 3. The number of carbonyl (C=O) groups is 2. The highest BCUT2D eigenvalue weighted by molar-refractivity contribution is 6.00. The molecule has 0 aromatic carbocycles. The van der Waals surface area contributed by atoms with E-state index in [2.05, 4.69) is 94.6 Å². The van der Waals surface area contributed by atoms with Crippen LogP contribution in [0.15, 0.2) is 24.3 Å². The quantitative estimate of drug-likeness (QED) is 0.0348. The number of rotatable bonds is 48. The molecule has 0 fully saturated rings. The third-order valence-corrected chi connectivity index (χ3v) is 17.0. The number of nitrogens with one attached hydrogen (secondary N) is 3. The highest BCUT2D eigenvalue weighted by atomic mass is 16.6. The van der Waals surface area contributed by atoms with Crippen LogP contribution in [0.3, 0.4) is 0 Å². The second-order valence-electron chi connectivity index (χ2n) is 23.2. The van der Waals surface area contributed by atoms with Gasteiger partial charge in [-0.25, -0.2) is 19.6 Å². The van der Waals surface area contributed by atoms with Crippen LogP contribution in [0.2, 0.25) is 0 Å². The molecule has 0 aliphatic carbocycles. The third kappa shape index (κ3) is 24.2. The molecular weight excluding hydrogens is 1220 g/mol. The Hall–Kier alpha value is -6.06. The smallest absolute Gasteiger partial charge is 0.409 e. The topological polar surface area (TPSA) is 243 Å². The lowest BCUT2D eigenvalue weighted by atomic mass is 9.99. The van der Waals surface area contributed by atoms with Gasteiger partial charge in [-0.3, -0.25) is 0 Å². The van der Waals surface area contributed by atoms with Gasteiger partial charge in [0.1, 0.15) is 0 Å². The number of aryl methyl sites for hydroxylation is 6.